The monoisotopic (exact) mass is 228 g/mol. The van der Waals surface area contributed by atoms with Crippen LogP contribution in [0, 0.1) is 5.92 Å². The standard InChI is InChI=1S/C11H16OS2/c1-8(2)6-7-12-11-9(13)4-3-5-10(11)14/h3-5,8,13-14H,6-7H2,1-2H3. The average molecular weight is 228 g/mol. The molecule has 0 fully saturated rings. The van der Waals surface area contributed by atoms with Gasteiger partial charge in [-0.15, -0.1) is 25.3 Å². The lowest BCUT2D eigenvalue weighted by molar-refractivity contribution is 0.277. The predicted octanol–water partition coefficient (Wildman–Crippen LogP) is 3.69. The van der Waals surface area contributed by atoms with Crippen LogP contribution < -0.4 is 4.74 Å². The van der Waals surface area contributed by atoms with Crippen molar-refractivity contribution in [2.75, 3.05) is 6.61 Å². The van der Waals surface area contributed by atoms with E-state index < -0.39 is 0 Å². The molecule has 0 aromatic heterocycles. The number of hydrogen-bond acceptors (Lipinski definition) is 3. The first-order chi connectivity index (χ1) is 6.61. The van der Waals surface area contributed by atoms with Gasteiger partial charge < -0.3 is 4.74 Å². The van der Waals surface area contributed by atoms with E-state index >= 15 is 0 Å². The van der Waals surface area contributed by atoms with Crippen molar-refractivity contribution in [1.29, 1.82) is 0 Å². The van der Waals surface area contributed by atoms with Crippen LogP contribution in [0.25, 0.3) is 0 Å². The molecule has 0 saturated heterocycles. The van der Waals surface area contributed by atoms with E-state index in [0.717, 1.165) is 28.6 Å². The Bertz CT molecular complexity index is 277. The van der Waals surface area contributed by atoms with E-state index in [0.29, 0.717) is 5.92 Å². The lowest BCUT2D eigenvalue weighted by Gasteiger charge is -2.11. The van der Waals surface area contributed by atoms with Gasteiger partial charge in [0.25, 0.3) is 0 Å². The van der Waals surface area contributed by atoms with Gasteiger partial charge in [-0.3, -0.25) is 0 Å². The highest BCUT2D eigenvalue weighted by Gasteiger charge is 2.04. The van der Waals surface area contributed by atoms with Gasteiger partial charge in [0.1, 0.15) is 5.75 Å². The third-order valence-corrected chi connectivity index (χ3v) is 2.62. The summed E-state index contributed by atoms with van der Waals surface area (Å²) in [6, 6.07) is 5.74. The summed E-state index contributed by atoms with van der Waals surface area (Å²) in [5, 5.41) is 0. The summed E-state index contributed by atoms with van der Waals surface area (Å²) < 4.78 is 5.63. The molecule has 0 aliphatic rings. The van der Waals surface area contributed by atoms with Crippen molar-refractivity contribution in [2.45, 2.75) is 30.1 Å². The Morgan fingerprint density at radius 3 is 2.29 bits per heavy atom. The van der Waals surface area contributed by atoms with Crippen LogP contribution in [0.5, 0.6) is 5.75 Å². The van der Waals surface area contributed by atoms with E-state index in [1.54, 1.807) is 0 Å². The van der Waals surface area contributed by atoms with Gasteiger partial charge in [-0.05, 0) is 24.5 Å². The zero-order chi connectivity index (χ0) is 10.6. The largest absolute Gasteiger partial charge is 0.491 e. The molecule has 14 heavy (non-hydrogen) atoms. The predicted molar refractivity (Wildman–Crippen MR) is 65.9 cm³/mol. The molecule has 0 spiro atoms. The number of ether oxygens (including phenoxy) is 1. The second-order valence-electron chi connectivity index (χ2n) is 3.66. The quantitative estimate of drug-likeness (QED) is 0.747. The maximum absolute atomic E-state index is 5.63. The average Bonchev–Trinajstić information content (AvgIpc) is 2.09. The van der Waals surface area contributed by atoms with E-state index in [1.807, 2.05) is 18.2 Å². The third kappa shape index (κ3) is 3.46. The molecule has 0 bridgehead atoms. The third-order valence-electron chi connectivity index (χ3n) is 1.92. The number of hydrogen-bond donors (Lipinski definition) is 2. The van der Waals surface area contributed by atoms with Gasteiger partial charge in [-0.1, -0.05) is 19.9 Å². The van der Waals surface area contributed by atoms with Crippen LogP contribution >= 0.6 is 25.3 Å². The van der Waals surface area contributed by atoms with Crippen molar-refractivity contribution in [2.24, 2.45) is 5.92 Å². The Kier molecular flexibility index (Phi) is 4.69. The molecular formula is C11H16OS2. The molecule has 0 atom stereocenters. The highest BCUT2D eigenvalue weighted by atomic mass is 32.1. The molecule has 0 N–H and O–H groups in total. The topological polar surface area (TPSA) is 9.23 Å². The molecular weight excluding hydrogens is 212 g/mol. The molecule has 0 heterocycles. The summed E-state index contributed by atoms with van der Waals surface area (Å²) in [5.41, 5.74) is 0. The summed E-state index contributed by atoms with van der Waals surface area (Å²) >= 11 is 8.64. The Balaban J connectivity index is 2.58. The summed E-state index contributed by atoms with van der Waals surface area (Å²) in [6.45, 7) is 5.08. The molecule has 0 aliphatic heterocycles. The second kappa shape index (κ2) is 5.56. The van der Waals surface area contributed by atoms with Gasteiger partial charge >= 0.3 is 0 Å². The molecule has 0 unspecified atom stereocenters. The molecule has 0 saturated carbocycles. The van der Waals surface area contributed by atoms with Gasteiger partial charge in [0.2, 0.25) is 0 Å². The second-order valence-corrected chi connectivity index (χ2v) is 4.62. The van der Waals surface area contributed by atoms with Crippen molar-refractivity contribution < 1.29 is 4.74 Å². The van der Waals surface area contributed by atoms with Gasteiger partial charge in [0.05, 0.1) is 6.61 Å². The number of thiol groups is 2. The Morgan fingerprint density at radius 2 is 1.79 bits per heavy atom. The highest BCUT2D eigenvalue weighted by Crippen LogP contribution is 2.29. The van der Waals surface area contributed by atoms with Crippen LogP contribution in [-0.4, -0.2) is 6.61 Å². The lowest BCUT2D eigenvalue weighted by Crippen LogP contribution is -2.02. The van der Waals surface area contributed by atoms with Crippen LogP contribution in [0.1, 0.15) is 20.3 Å². The Hall–Kier alpha value is -0.280. The van der Waals surface area contributed by atoms with Gasteiger partial charge in [-0.25, -0.2) is 0 Å². The number of benzene rings is 1. The minimum atomic E-state index is 0.658. The fraction of sp³-hybridized carbons (Fsp3) is 0.455. The molecule has 1 aromatic carbocycles. The molecule has 3 heteroatoms. The number of para-hydroxylation sites is 1. The first-order valence-corrected chi connectivity index (χ1v) is 5.64. The first kappa shape index (κ1) is 11.8. The minimum Gasteiger partial charge on any atom is -0.491 e. The van der Waals surface area contributed by atoms with Crippen LogP contribution in [0.2, 0.25) is 0 Å². The summed E-state index contributed by atoms with van der Waals surface area (Å²) in [4.78, 5) is 1.70. The van der Waals surface area contributed by atoms with Gasteiger partial charge in [0, 0.05) is 9.79 Å². The normalized spacial score (nSPS) is 10.6. The van der Waals surface area contributed by atoms with Gasteiger partial charge in [-0.2, -0.15) is 0 Å². The molecule has 0 radical (unpaired) electrons. The zero-order valence-corrected chi connectivity index (χ0v) is 10.3. The van der Waals surface area contributed by atoms with E-state index in [2.05, 4.69) is 39.1 Å². The maximum atomic E-state index is 5.63. The van der Waals surface area contributed by atoms with E-state index in [9.17, 15) is 0 Å². The summed E-state index contributed by atoms with van der Waals surface area (Å²) in [5.74, 6) is 1.45. The van der Waals surface area contributed by atoms with Crippen LogP contribution in [0.4, 0.5) is 0 Å². The molecule has 1 nitrogen and oxygen atoms in total. The lowest BCUT2D eigenvalue weighted by atomic mass is 10.1. The number of rotatable bonds is 4. The first-order valence-electron chi connectivity index (χ1n) is 4.75. The molecule has 78 valence electrons. The Labute approximate surface area is 96.7 Å². The van der Waals surface area contributed by atoms with Crippen molar-refractivity contribution in [1.82, 2.24) is 0 Å². The fourth-order valence-corrected chi connectivity index (χ4v) is 1.69. The van der Waals surface area contributed by atoms with Crippen LogP contribution in [0.15, 0.2) is 28.0 Å². The fourth-order valence-electron chi connectivity index (χ4n) is 1.06. The smallest absolute Gasteiger partial charge is 0.145 e. The maximum Gasteiger partial charge on any atom is 0.145 e. The SMILES string of the molecule is CC(C)CCOc1c(S)cccc1S. The van der Waals surface area contributed by atoms with Crippen molar-refractivity contribution in [3.05, 3.63) is 18.2 Å². The minimum absolute atomic E-state index is 0.658. The van der Waals surface area contributed by atoms with Crippen molar-refractivity contribution in [3.8, 4) is 5.75 Å². The molecule has 0 amide bonds. The van der Waals surface area contributed by atoms with Crippen molar-refractivity contribution in [3.63, 3.8) is 0 Å². The zero-order valence-electron chi connectivity index (χ0n) is 8.53. The summed E-state index contributed by atoms with van der Waals surface area (Å²) in [7, 11) is 0. The molecule has 1 aromatic rings. The highest BCUT2D eigenvalue weighted by molar-refractivity contribution is 7.81. The van der Waals surface area contributed by atoms with E-state index in [1.165, 1.54) is 0 Å². The van der Waals surface area contributed by atoms with E-state index in [-0.39, 0.29) is 0 Å². The molecule has 1 rings (SSSR count). The van der Waals surface area contributed by atoms with Crippen molar-refractivity contribution >= 4 is 25.3 Å². The van der Waals surface area contributed by atoms with E-state index in [4.69, 9.17) is 4.74 Å². The van der Waals surface area contributed by atoms with Gasteiger partial charge in [0.15, 0.2) is 0 Å². The van der Waals surface area contributed by atoms with Crippen LogP contribution in [-0.2, 0) is 0 Å². The Morgan fingerprint density at radius 1 is 1.21 bits per heavy atom. The molecule has 0 aliphatic carbocycles. The summed E-state index contributed by atoms with van der Waals surface area (Å²) in [6.07, 6.45) is 1.05. The van der Waals surface area contributed by atoms with Crippen LogP contribution in [0.3, 0.4) is 0 Å².